The van der Waals surface area contributed by atoms with Crippen molar-refractivity contribution in [2.45, 2.75) is 33.2 Å². The second-order valence-corrected chi connectivity index (χ2v) is 5.38. The third kappa shape index (κ3) is 3.23. The van der Waals surface area contributed by atoms with Crippen LogP contribution in [0.3, 0.4) is 0 Å². The van der Waals surface area contributed by atoms with Gasteiger partial charge in [0.1, 0.15) is 11.6 Å². The Hall–Kier alpha value is -1.74. The van der Waals surface area contributed by atoms with Crippen LogP contribution in [0.4, 0.5) is 8.78 Å². The van der Waals surface area contributed by atoms with Crippen LogP contribution in [0.5, 0.6) is 0 Å². The molecule has 2 aromatic carbocycles. The van der Waals surface area contributed by atoms with E-state index in [0.29, 0.717) is 12.0 Å². The molecule has 0 aliphatic rings. The number of aryl methyl sites for hydroxylation is 3. The summed E-state index contributed by atoms with van der Waals surface area (Å²) in [6.07, 6.45) is 0.415. The van der Waals surface area contributed by atoms with Crippen LogP contribution in [0.15, 0.2) is 30.3 Å². The van der Waals surface area contributed by atoms with Crippen molar-refractivity contribution >= 4 is 0 Å². The summed E-state index contributed by atoms with van der Waals surface area (Å²) in [6, 6.07) is 7.42. The van der Waals surface area contributed by atoms with Crippen molar-refractivity contribution in [2.24, 2.45) is 5.73 Å². The van der Waals surface area contributed by atoms with Gasteiger partial charge in [0.25, 0.3) is 0 Å². The molecule has 1 nitrogen and oxygen atoms in total. The molecule has 0 aliphatic heterocycles. The summed E-state index contributed by atoms with van der Waals surface area (Å²) in [5.74, 6) is -1.13. The van der Waals surface area contributed by atoms with Crippen molar-refractivity contribution < 1.29 is 8.78 Å². The normalized spacial score (nSPS) is 12.5. The Morgan fingerprint density at radius 1 is 0.850 bits per heavy atom. The number of nitrogens with two attached hydrogens (primary N) is 1. The lowest BCUT2D eigenvalue weighted by molar-refractivity contribution is 0.576. The smallest absolute Gasteiger partial charge is 0.126 e. The molecule has 2 aromatic rings. The highest BCUT2D eigenvalue weighted by Gasteiger charge is 2.12. The van der Waals surface area contributed by atoms with Gasteiger partial charge in [-0.05, 0) is 67.1 Å². The van der Waals surface area contributed by atoms with E-state index in [1.165, 1.54) is 23.3 Å². The van der Waals surface area contributed by atoms with E-state index in [1.54, 1.807) is 0 Å². The van der Waals surface area contributed by atoms with E-state index in [1.807, 2.05) is 13.8 Å². The molecule has 2 rings (SSSR count). The van der Waals surface area contributed by atoms with Crippen molar-refractivity contribution in [2.75, 3.05) is 0 Å². The Morgan fingerprint density at radius 3 is 2.00 bits per heavy atom. The highest BCUT2D eigenvalue weighted by molar-refractivity contribution is 5.38. The van der Waals surface area contributed by atoms with Gasteiger partial charge < -0.3 is 5.73 Å². The van der Waals surface area contributed by atoms with E-state index >= 15 is 0 Å². The molecule has 0 aliphatic carbocycles. The molecule has 0 aromatic heterocycles. The number of benzene rings is 2. The van der Waals surface area contributed by atoms with Gasteiger partial charge in [0.05, 0.1) is 0 Å². The molecule has 0 radical (unpaired) electrons. The minimum absolute atomic E-state index is 0.268. The number of halogens is 2. The van der Waals surface area contributed by atoms with Crippen LogP contribution >= 0.6 is 0 Å². The molecule has 0 spiro atoms. The third-order valence-electron chi connectivity index (χ3n) is 3.66. The van der Waals surface area contributed by atoms with Crippen molar-refractivity contribution in [1.29, 1.82) is 0 Å². The Morgan fingerprint density at radius 2 is 1.40 bits per heavy atom. The van der Waals surface area contributed by atoms with Gasteiger partial charge in [0, 0.05) is 12.1 Å². The minimum Gasteiger partial charge on any atom is -0.324 e. The van der Waals surface area contributed by atoms with Crippen LogP contribution in [0.25, 0.3) is 0 Å². The van der Waals surface area contributed by atoms with Crippen LogP contribution in [0.2, 0.25) is 0 Å². The van der Waals surface area contributed by atoms with Crippen LogP contribution in [-0.4, -0.2) is 0 Å². The van der Waals surface area contributed by atoms with Crippen molar-refractivity contribution in [3.63, 3.8) is 0 Å². The molecule has 0 saturated carbocycles. The molecular weight excluding hydrogens is 256 g/mol. The first kappa shape index (κ1) is 14.7. The topological polar surface area (TPSA) is 26.0 Å². The average molecular weight is 275 g/mol. The fraction of sp³-hybridized carbons (Fsp3) is 0.294. The summed E-state index contributed by atoms with van der Waals surface area (Å²) >= 11 is 0. The van der Waals surface area contributed by atoms with Gasteiger partial charge in [-0.1, -0.05) is 12.1 Å². The molecule has 1 atom stereocenters. The third-order valence-corrected chi connectivity index (χ3v) is 3.66. The van der Waals surface area contributed by atoms with Gasteiger partial charge in [-0.3, -0.25) is 0 Å². The Balaban J connectivity index is 2.28. The largest absolute Gasteiger partial charge is 0.324 e. The predicted octanol–water partition coefficient (Wildman–Crippen LogP) is 4.13. The number of hydrogen-bond acceptors (Lipinski definition) is 1. The SMILES string of the molecule is Cc1cc(C)c(C(N)Cc2cc(F)cc(F)c2)cc1C. The monoisotopic (exact) mass is 275 g/mol. The van der Waals surface area contributed by atoms with Gasteiger partial charge in [-0.15, -0.1) is 0 Å². The summed E-state index contributed by atoms with van der Waals surface area (Å²) in [5.41, 5.74) is 11.3. The Kier molecular flexibility index (Phi) is 4.19. The summed E-state index contributed by atoms with van der Waals surface area (Å²) in [7, 11) is 0. The molecule has 0 saturated heterocycles. The lowest BCUT2D eigenvalue weighted by Gasteiger charge is -2.17. The fourth-order valence-electron chi connectivity index (χ4n) is 2.48. The molecule has 0 fully saturated rings. The van der Waals surface area contributed by atoms with E-state index < -0.39 is 11.6 Å². The first-order chi connectivity index (χ1) is 9.36. The van der Waals surface area contributed by atoms with E-state index in [-0.39, 0.29) is 6.04 Å². The zero-order valence-corrected chi connectivity index (χ0v) is 12.0. The maximum absolute atomic E-state index is 13.2. The van der Waals surface area contributed by atoms with Crippen molar-refractivity contribution in [3.05, 3.63) is 69.8 Å². The van der Waals surface area contributed by atoms with Crippen LogP contribution in [0, 0.1) is 32.4 Å². The zero-order valence-electron chi connectivity index (χ0n) is 12.0. The molecule has 20 heavy (non-hydrogen) atoms. The van der Waals surface area contributed by atoms with Gasteiger partial charge >= 0.3 is 0 Å². The first-order valence-corrected chi connectivity index (χ1v) is 6.65. The molecule has 0 amide bonds. The zero-order chi connectivity index (χ0) is 14.9. The Labute approximate surface area is 118 Å². The molecule has 106 valence electrons. The van der Waals surface area contributed by atoms with Crippen LogP contribution in [-0.2, 0) is 6.42 Å². The Bertz CT molecular complexity index is 615. The highest BCUT2D eigenvalue weighted by Crippen LogP contribution is 2.23. The molecule has 3 heteroatoms. The van der Waals surface area contributed by atoms with Gasteiger partial charge in [0.2, 0.25) is 0 Å². The summed E-state index contributed by atoms with van der Waals surface area (Å²) in [4.78, 5) is 0. The maximum Gasteiger partial charge on any atom is 0.126 e. The van der Waals surface area contributed by atoms with Gasteiger partial charge in [-0.2, -0.15) is 0 Å². The van der Waals surface area contributed by atoms with E-state index in [4.69, 9.17) is 5.73 Å². The molecule has 2 N–H and O–H groups in total. The molecule has 1 unspecified atom stereocenters. The summed E-state index contributed by atoms with van der Waals surface area (Å²) in [5, 5.41) is 0. The van der Waals surface area contributed by atoms with Crippen molar-refractivity contribution in [3.8, 4) is 0 Å². The lowest BCUT2D eigenvalue weighted by atomic mass is 9.92. The standard InChI is InChI=1S/C17H19F2N/c1-10-4-12(3)16(5-11(10)2)17(20)8-13-6-14(18)9-15(19)7-13/h4-7,9,17H,8,20H2,1-3H3. The summed E-state index contributed by atoms with van der Waals surface area (Å²) in [6.45, 7) is 6.10. The first-order valence-electron chi connectivity index (χ1n) is 6.65. The minimum atomic E-state index is -0.566. The van der Waals surface area contributed by atoms with E-state index in [2.05, 4.69) is 19.1 Å². The molecule has 0 bridgehead atoms. The van der Waals surface area contributed by atoms with Crippen molar-refractivity contribution in [1.82, 2.24) is 0 Å². The molecule has 0 heterocycles. The lowest BCUT2D eigenvalue weighted by Crippen LogP contribution is -2.15. The predicted molar refractivity (Wildman–Crippen MR) is 77.6 cm³/mol. The van der Waals surface area contributed by atoms with E-state index in [0.717, 1.165) is 17.2 Å². The average Bonchev–Trinajstić information content (AvgIpc) is 2.32. The number of hydrogen-bond donors (Lipinski definition) is 1. The number of rotatable bonds is 3. The highest BCUT2D eigenvalue weighted by atomic mass is 19.1. The van der Waals surface area contributed by atoms with Crippen LogP contribution in [0.1, 0.15) is 33.9 Å². The second-order valence-electron chi connectivity index (χ2n) is 5.38. The van der Waals surface area contributed by atoms with Crippen LogP contribution < -0.4 is 5.73 Å². The quantitative estimate of drug-likeness (QED) is 0.895. The van der Waals surface area contributed by atoms with Gasteiger partial charge in [-0.25, -0.2) is 8.78 Å². The fourth-order valence-corrected chi connectivity index (χ4v) is 2.48. The molecular formula is C17H19F2N. The summed E-state index contributed by atoms with van der Waals surface area (Å²) < 4.78 is 26.4. The second kappa shape index (κ2) is 5.71. The maximum atomic E-state index is 13.2. The van der Waals surface area contributed by atoms with Gasteiger partial charge in [0.15, 0.2) is 0 Å². The van der Waals surface area contributed by atoms with E-state index in [9.17, 15) is 8.78 Å².